The number of aromatic nitrogens is 6. The number of carbonyl (C=O) groups is 12. The highest BCUT2D eigenvalue weighted by Gasteiger charge is 2.48. The second-order valence-corrected chi connectivity index (χ2v) is 32.7. The number of carbonyl (C=O) groups excluding carboxylic acids is 11. The Labute approximate surface area is 701 Å². The van der Waals surface area contributed by atoms with Gasteiger partial charge in [-0.3, -0.25) is 43.2 Å². The van der Waals surface area contributed by atoms with Gasteiger partial charge in [0, 0.05) is 51.9 Å². The molecule has 4 aromatic carbocycles. The third-order valence-corrected chi connectivity index (χ3v) is 22.6. The number of aliphatic hydroxyl groups is 2. The van der Waals surface area contributed by atoms with Gasteiger partial charge in [-0.1, -0.05) is 172 Å². The number of aliphatic carboxylic acids is 1. The van der Waals surface area contributed by atoms with Crippen LogP contribution in [0, 0.1) is 11.8 Å². The van der Waals surface area contributed by atoms with Crippen LogP contribution in [0.4, 0.5) is 21.0 Å². The van der Waals surface area contributed by atoms with Gasteiger partial charge in [-0.2, -0.15) is 0 Å². The van der Waals surface area contributed by atoms with Crippen LogP contribution in [0.25, 0.3) is 0 Å². The fourth-order valence-electron chi connectivity index (χ4n) is 16.2. The number of likely N-dealkylation sites (tertiary alicyclic amines) is 2. The van der Waals surface area contributed by atoms with Crippen LogP contribution in [0.1, 0.15) is 202 Å². The van der Waals surface area contributed by atoms with Gasteiger partial charge in [0.05, 0.1) is 65.4 Å². The highest BCUT2D eigenvalue weighted by atomic mass is 16.6. The van der Waals surface area contributed by atoms with Gasteiger partial charge in [-0.05, 0) is 125 Å². The number of unbranched alkanes of at least 4 members (excludes halogenated alkanes) is 2. The lowest BCUT2D eigenvalue weighted by atomic mass is 9.84. The number of alkyl carbamates (subject to hydrolysis) is 2. The van der Waals surface area contributed by atoms with Gasteiger partial charge in [-0.25, -0.2) is 33.7 Å². The molecule has 35 heteroatoms. The molecule has 648 valence electrons. The number of hydrogen-bond acceptors (Lipinski definition) is 23. The average Bonchev–Trinajstić information content (AvgIpc) is 1.63. The van der Waals surface area contributed by atoms with Gasteiger partial charge in [0.1, 0.15) is 54.0 Å². The molecular weight excluding hydrogens is 1560 g/mol. The Morgan fingerprint density at radius 2 is 0.909 bits per heavy atom. The number of nitrogens with zero attached hydrogens (tertiary/aromatic N) is 10. The smallest absolute Gasteiger partial charge is 0.407 e. The number of benzene rings is 4. The first-order chi connectivity index (χ1) is 57.9. The number of hydrogen-bond donors (Lipinski definition) is 11. The Morgan fingerprint density at radius 3 is 1.33 bits per heavy atom. The molecule has 12 rings (SSSR count). The standard InChI is InChI=1S/C43H55N9O8.C34H50N8O7.C9H7NO2/c1-43(2,59)36-24-46-50-52(36)30-23-35(40(56)48-32(37(53)38(44)54)19-11-12-20-45-42(58)60-26-28-15-7-4-8-16-28)51(25-30)41(57)34(21-27-13-5-3-6-14-27)49-39(55)33-22-29-17-9-10-18-31(29)47-33;1-34(2,48)28-19-38-40-42(28)24-18-27(41(20-24)32(46)25(35)17-22-11-5-3-6-12-22)31(45)39-26(29(43)30(36)44)15-9-10-16-37-33(47)49-21-23-13-7-4-8-14-23;11-9(12)8-5-6-3-1-2-4-7(6)10-8/h4,7-10,15-18,24,27,30,32,34-35,59H,3,5-6,11-14,19-23,25-26H2,1-2H3,(H2,44,54)(H,45,58)(H,48,56)(H,49,55);4,7-8,13-14,19,22,24-27,48H,3,5-6,9-12,15-18,20-21,35H2,1-2H3,(H2,36,44)(H,37,47)(H,39,45);1-4H,5H2,(H,11,12)/t30-,32?,34+,35-;24-,25+,26?,27-;/m00./s1. The molecule has 4 fully saturated rings. The molecule has 6 heterocycles. The molecule has 121 heavy (non-hydrogen) atoms. The molecule has 0 bridgehead atoms. The van der Waals surface area contributed by atoms with Crippen LogP contribution in [-0.2, 0) is 94.7 Å². The molecule has 6 aliphatic rings. The lowest BCUT2D eigenvalue weighted by Gasteiger charge is -2.32. The molecule has 35 nitrogen and oxygen atoms in total. The highest BCUT2D eigenvalue weighted by Crippen LogP contribution is 2.37. The molecule has 0 radical (unpaired) electrons. The molecule has 14 N–H and O–H groups in total. The van der Waals surface area contributed by atoms with Gasteiger partial charge < -0.3 is 78.4 Å². The Kier molecular flexibility index (Phi) is 32.7. The minimum Gasteiger partial charge on any atom is -0.477 e. The fourth-order valence-corrected chi connectivity index (χ4v) is 16.2. The summed E-state index contributed by atoms with van der Waals surface area (Å²) in [6.45, 7) is 7.07. The van der Waals surface area contributed by atoms with E-state index in [1.165, 1.54) is 38.0 Å². The van der Waals surface area contributed by atoms with Gasteiger partial charge in [0.2, 0.25) is 35.2 Å². The zero-order chi connectivity index (χ0) is 86.9. The predicted molar refractivity (Wildman–Crippen MR) is 442 cm³/mol. The Bertz CT molecular complexity index is 4680. The second-order valence-electron chi connectivity index (χ2n) is 32.7. The van der Waals surface area contributed by atoms with Crippen molar-refractivity contribution in [3.05, 3.63) is 155 Å². The third-order valence-electron chi connectivity index (χ3n) is 22.6. The van der Waals surface area contributed by atoms with Crippen molar-refractivity contribution in [2.75, 3.05) is 26.2 Å². The summed E-state index contributed by atoms with van der Waals surface area (Å²) in [5.41, 5.74) is 20.9. The first kappa shape index (κ1) is 91.3. The van der Waals surface area contributed by atoms with E-state index in [0.717, 1.165) is 85.7 Å². The van der Waals surface area contributed by atoms with Crippen LogP contribution in [0.5, 0.6) is 0 Å². The van der Waals surface area contributed by atoms with Gasteiger partial charge >= 0.3 is 18.2 Å². The number of rotatable bonds is 35. The normalized spacial score (nSPS) is 18.6. The van der Waals surface area contributed by atoms with E-state index in [4.69, 9.17) is 31.8 Å². The molecule has 2 saturated carbocycles. The van der Waals surface area contributed by atoms with Crippen molar-refractivity contribution < 1.29 is 82.3 Å². The molecule has 8 atom stereocenters. The first-order valence-corrected chi connectivity index (χ1v) is 41.5. The van der Waals surface area contributed by atoms with Gasteiger partial charge in [-0.15, -0.1) is 10.2 Å². The molecule has 2 saturated heterocycles. The number of amides is 9. The van der Waals surface area contributed by atoms with Crippen molar-refractivity contribution in [3.8, 4) is 0 Å². The lowest BCUT2D eigenvalue weighted by Crippen LogP contribution is -2.57. The summed E-state index contributed by atoms with van der Waals surface area (Å²) >= 11 is 0. The van der Waals surface area contributed by atoms with Gasteiger partial charge in [0.25, 0.3) is 17.7 Å². The molecule has 4 aliphatic heterocycles. The summed E-state index contributed by atoms with van der Waals surface area (Å²) in [5.74, 6) is -7.51. The van der Waals surface area contributed by atoms with Crippen LogP contribution in [0.15, 0.2) is 132 Å². The largest absolute Gasteiger partial charge is 0.477 e. The molecular formula is C86H112N18O17. The highest BCUT2D eigenvalue weighted by molar-refractivity contribution is 6.41. The van der Waals surface area contributed by atoms with Crippen LogP contribution in [0.3, 0.4) is 0 Å². The van der Waals surface area contributed by atoms with Crippen molar-refractivity contribution in [2.24, 2.45) is 39.0 Å². The minimum absolute atomic E-state index is 0.0206. The first-order valence-electron chi connectivity index (χ1n) is 41.5. The maximum Gasteiger partial charge on any atom is 0.407 e. The van der Waals surface area contributed by atoms with Crippen LogP contribution in [-0.4, -0.2) is 200 Å². The number of carboxylic acid groups (broad SMARTS) is 1. The topological polar surface area (TPSA) is 515 Å². The van der Waals surface area contributed by atoms with E-state index in [9.17, 15) is 67.7 Å². The van der Waals surface area contributed by atoms with Crippen molar-refractivity contribution in [3.63, 3.8) is 0 Å². The quantitative estimate of drug-likeness (QED) is 0.0159. The predicted octanol–water partition coefficient (Wildman–Crippen LogP) is 6.05. The summed E-state index contributed by atoms with van der Waals surface area (Å²) in [6.07, 6.45) is 15.3. The second kappa shape index (κ2) is 43.3. The summed E-state index contributed by atoms with van der Waals surface area (Å²) < 4.78 is 13.4. The average molecular weight is 1670 g/mol. The van der Waals surface area contributed by atoms with E-state index in [1.807, 2.05) is 109 Å². The van der Waals surface area contributed by atoms with E-state index in [1.54, 1.807) is 27.7 Å². The zero-order valence-electron chi connectivity index (χ0n) is 68.9. The van der Waals surface area contributed by atoms with Crippen molar-refractivity contribution in [1.29, 1.82) is 0 Å². The molecule has 0 spiro atoms. The maximum atomic E-state index is 14.9. The number of fused-ring (bicyclic) bond motifs is 2. The minimum atomic E-state index is -1.36. The fraction of sp³-hybridized carbons (Fsp3) is 0.512. The van der Waals surface area contributed by atoms with E-state index < -0.39 is 125 Å². The summed E-state index contributed by atoms with van der Waals surface area (Å²) in [7, 11) is 0. The van der Waals surface area contributed by atoms with Crippen molar-refractivity contribution in [2.45, 2.75) is 242 Å². The Morgan fingerprint density at radius 1 is 0.504 bits per heavy atom. The summed E-state index contributed by atoms with van der Waals surface area (Å²) in [5, 5.41) is 60.3. The maximum absolute atomic E-state index is 14.9. The van der Waals surface area contributed by atoms with Crippen LogP contribution >= 0.6 is 0 Å². The molecule has 2 aromatic heterocycles. The number of ether oxygens (including phenoxy) is 2. The number of ketones is 2. The number of Topliss-reactive ketones (excluding diaryl/α,β-unsaturated/α-hetero) is 2. The van der Waals surface area contributed by atoms with E-state index in [2.05, 4.69) is 57.2 Å². The third kappa shape index (κ3) is 26.0. The number of nitrogens with two attached hydrogens (primary N) is 3. The lowest BCUT2D eigenvalue weighted by molar-refractivity contribution is -0.143. The molecule has 9 amide bonds. The van der Waals surface area contributed by atoms with Crippen molar-refractivity contribution >= 4 is 93.9 Å². The zero-order valence-corrected chi connectivity index (χ0v) is 68.9. The number of primary amides is 2. The number of aliphatic imine (C=N–C) groups is 2. The number of nitrogens with one attached hydrogen (secondary N) is 5. The Balaban J connectivity index is 0.000000225. The number of para-hydroxylation sites is 2. The van der Waals surface area contributed by atoms with Crippen LogP contribution in [0.2, 0.25) is 0 Å². The summed E-state index contributed by atoms with van der Waals surface area (Å²) in [6, 6.07) is 25.7. The van der Waals surface area contributed by atoms with E-state index >= 15 is 0 Å². The Hall–Kier alpha value is -12.0. The molecule has 6 aromatic rings. The van der Waals surface area contributed by atoms with E-state index in [-0.39, 0.29) is 88.3 Å². The SMILES string of the molecule is CC(C)(O)c1cnnn1[C@H]1C[C@@H](C(=O)NC(CCCCNC(=O)OCc2ccccc2)C(=O)C(N)=O)N(C(=O)[C@@H](CC2CCCCC2)NC(=O)C2=Nc3ccccc3C2)C1.CC(C)(O)c1cnnn1[C@H]1C[C@@H](C(=O)NC(CCCCNC(=O)OCc2ccccc2)C(=O)C(N)=O)N(C(=O)[C@H](N)CC2CCCCC2)C1.O=C(O)C1=Nc2ccccc2C1. The summed E-state index contributed by atoms with van der Waals surface area (Å²) in [4.78, 5) is 167. The van der Waals surface area contributed by atoms with Crippen molar-refractivity contribution in [1.82, 2.24) is 66.4 Å². The molecule has 2 unspecified atom stereocenters. The number of carboxylic acids is 1. The van der Waals surface area contributed by atoms with Crippen LogP contribution < -0.4 is 43.8 Å². The van der Waals surface area contributed by atoms with E-state index in [0.29, 0.717) is 74.4 Å². The molecule has 2 aliphatic carbocycles. The van der Waals surface area contributed by atoms with Gasteiger partial charge in [0.15, 0.2) is 0 Å². The monoisotopic (exact) mass is 1670 g/mol.